The number of amides is 1. The van der Waals surface area contributed by atoms with Crippen LogP contribution in [0.25, 0.3) is 11.4 Å². The first-order valence-corrected chi connectivity index (χ1v) is 9.10. The van der Waals surface area contributed by atoms with Gasteiger partial charge in [0.1, 0.15) is 5.75 Å². The highest BCUT2D eigenvalue weighted by Crippen LogP contribution is 2.31. The molecule has 6 nitrogen and oxygen atoms in total. The number of carbonyl (C=O) groups excluding carboxylic acids is 1. The van der Waals surface area contributed by atoms with E-state index in [4.69, 9.17) is 4.74 Å². The number of aromatic nitrogens is 3. The Labute approximate surface area is 149 Å². The van der Waals surface area contributed by atoms with Crippen molar-refractivity contribution in [1.82, 2.24) is 15.2 Å². The van der Waals surface area contributed by atoms with Gasteiger partial charge in [-0.3, -0.25) is 15.2 Å². The SMILES string of the molecule is COc1ccccc1-c1nc(NC(=O)c2csc3c2CCCC3)n[nH]1. The molecular formula is C18H18N4O2S. The molecule has 1 amide bonds. The van der Waals surface area contributed by atoms with Crippen LogP contribution in [0, 0.1) is 0 Å². The van der Waals surface area contributed by atoms with Crippen LogP contribution >= 0.6 is 11.3 Å². The van der Waals surface area contributed by atoms with Gasteiger partial charge in [0.05, 0.1) is 18.2 Å². The third-order valence-corrected chi connectivity index (χ3v) is 5.47. The normalized spacial score (nSPS) is 13.3. The van der Waals surface area contributed by atoms with Gasteiger partial charge in [-0.2, -0.15) is 4.98 Å². The number of hydrogen-bond acceptors (Lipinski definition) is 5. The van der Waals surface area contributed by atoms with Crippen molar-refractivity contribution in [3.05, 3.63) is 45.6 Å². The predicted molar refractivity (Wildman–Crippen MR) is 97.3 cm³/mol. The number of benzene rings is 1. The summed E-state index contributed by atoms with van der Waals surface area (Å²) in [6, 6.07) is 7.53. The van der Waals surface area contributed by atoms with E-state index in [1.54, 1.807) is 18.4 Å². The van der Waals surface area contributed by atoms with Crippen LogP contribution in [0.15, 0.2) is 29.6 Å². The second kappa shape index (κ2) is 6.68. The molecule has 0 aliphatic heterocycles. The molecule has 2 N–H and O–H groups in total. The summed E-state index contributed by atoms with van der Waals surface area (Å²) < 4.78 is 5.34. The fourth-order valence-corrected chi connectivity index (χ4v) is 4.26. The number of aryl methyl sites for hydroxylation is 1. The lowest BCUT2D eigenvalue weighted by molar-refractivity contribution is 0.102. The van der Waals surface area contributed by atoms with Crippen molar-refractivity contribution in [2.45, 2.75) is 25.7 Å². The topological polar surface area (TPSA) is 79.9 Å². The number of carbonyl (C=O) groups is 1. The Bertz CT molecular complexity index is 915. The van der Waals surface area contributed by atoms with E-state index in [2.05, 4.69) is 20.5 Å². The summed E-state index contributed by atoms with van der Waals surface area (Å²) in [4.78, 5) is 18.3. The molecule has 25 heavy (non-hydrogen) atoms. The van der Waals surface area contributed by atoms with Crippen molar-refractivity contribution in [1.29, 1.82) is 0 Å². The average Bonchev–Trinajstić information content (AvgIpc) is 3.28. The Morgan fingerprint density at radius 3 is 3.00 bits per heavy atom. The molecule has 0 bridgehead atoms. The molecule has 0 saturated carbocycles. The Morgan fingerprint density at radius 2 is 2.12 bits per heavy atom. The van der Waals surface area contributed by atoms with Gasteiger partial charge in [0.25, 0.3) is 5.91 Å². The van der Waals surface area contributed by atoms with E-state index in [1.807, 2.05) is 29.6 Å². The second-order valence-corrected chi connectivity index (χ2v) is 6.88. The van der Waals surface area contributed by atoms with Gasteiger partial charge in [-0.1, -0.05) is 12.1 Å². The summed E-state index contributed by atoms with van der Waals surface area (Å²) in [5.74, 6) is 1.37. The third-order valence-electron chi connectivity index (χ3n) is 4.38. The van der Waals surface area contributed by atoms with Crippen molar-refractivity contribution in [2.24, 2.45) is 0 Å². The van der Waals surface area contributed by atoms with Crippen molar-refractivity contribution < 1.29 is 9.53 Å². The molecular weight excluding hydrogens is 336 g/mol. The number of thiophene rings is 1. The first-order chi connectivity index (χ1) is 12.3. The van der Waals surface area contributed by atoms with Crippen LogP contribution in [-0.4, -0.2) is 28.2 Å². The highest BCUT2D eigenvalue weighted by Gasteiger charge is 2.21. The molecule has 2 aromatic heterocycles. The summed E-state index contributed by atoms with van der Waals surface area (Å²) in [5.41, 5.74) is 2.74. The molecule has 0 fully saturated rings. The van der Waals surface area contributed by atoms with Crippen molar-refractivity contribution in [3.63, 3.8) is 0 Å². The van der Waals surface area contributed by atoms with Crippen molar-refractivity contribution >= 4 is 23.2 Å². The van der Waals surface area contributed by atoms with E-state index in [1.165, 1.54) is 16.9 Å². The molecule has 2 heterocycles. The standard InChI is InChI=1S/C18H18N4O2S/c1-24-14-8-4-2-7-12(14)16-19-18(22-21-16)20-17(23)13-10-25-15-9-5-3-6-11(13)15/h2,4,7-8,10H,3,5-6,9H2,1H3,(H2,19,20,21,22,23). The first kappa shape index (κ1) is 15.8. The molecule has 0 radical (unpaired) electrons. The van der Waals surface area contributed by atoms with Gasteiger partial charge in [-0.25, -0.2) is 0 Å². The number of nitrogens with zero attached hydrogens (tertiary/aromatic N) is 2. The van der Waals surface area contributed by atoms with Gasteiger partial charge >= 0.3 is 0 Å². The van der Waals surface area contributed by atoms with E-state index in [0.29, 0.717) is 11.6 Å². The van der Waals surface area contributed by atoms with Gasteiger partial charge in [-0.05, 0) is 43.4 Å². The van der Waals surface area contributed by atoms with Crippen LogP contribution in [0.4, 0.5) is 5.95 Å². The Hall–Kier alpha value is -2.67. The first-order valence-electron chi connectivity index (χ1n) is 8.22. The summed E-state index contributed by atoms with van der Waals surface area (Å²) in [6.45, 7) is 0. The van der Waals surface area contributed by atoms with Crippen LogP contribution in [0.1, 0.15) is 33.6 Å². The zero-order valence-electron chi connectivity index (χ0n) is 13.8. The van der Waals surface area contributed by atoms with Crippen LogP contribution in [0.5, 0.6) is 5.75 Å². The number of hydrogen-bond donors (Lipinski definition) is 2. The van der Waals surface area contributed by atoms with Gasteiger partial charge in [0.2, 0.25) is 5.95 Å². The molecule has 7 heteroatoms. The fourth-order valence-electron chi connectivity index (χ4n) is 3.13. The zero-order chi connectivity index (χ0) is 17.2. The molecule has 0 spiro atoms. The maximum absolute atomic E-state index is 12.6. The van der Waals surface area contributed by atoms with E-state index in [-0.39, 0.29) is 11.9 Å². The molecule has 0 atom stereocenters. The van der Waals surface area contributed by atoms with Gasteiger partial charge in [-0.15, -0.1) is 16.4 Å². The lowest BCUT2D eigenvalue weighted by atomic mass is 9.96. The highest BCUT2D eigenvalue weighted by atomic mass is 32.1. The maximum atomic E-state index is 12.6. The summed E-state index contributed by atoms with van der Waals surface area (Å²) >= 11 is 1.67. The van der Waals surface area contributed by atoms with Gasteiger partial charge in [0, 0.05) is 10.3 Å². The average molecular weight is 354 g/mol. The molecule has 1 aliphatic rings. The lowest BCUT2D eigenvalue weighted by Crippen LogP contribution is -2.15. The quantitative estimate of drug-likeness (QED) is 0.749. The summed E-state index contributed by atoms with van der Waals surface area (Å²) in [6.07, 6.45) is 4.40. The second-order valence-electron chi connectivity index (χ2n) is 5.92. The van der Waals surface area contributed by atoms with E-state index in [9.17, 15) is 4.79 Å². The molecule has 1 aliphatic carbocycles. The van der Waals surface area contributed by atoms with Crippen LogP contribution in [-0.2, 0) is 12.8 Å². The Kier molecular flexibility index (Phi) is 4.23. The number of nitrogens with one attached hydrogen (secondary N) is 2. The zero-order valence-corrected chi connectivity index (χ0v) is 14.7. The number of aromatic amines is 1. The van der Waals surface area contributed by atoms with E-state index in [0.717, 1.165) is 30.4 Å². The molecule has 3 aromatic rings. The number of para-hydroxylation sites is 1. The molecule has 1 aromatic carbocycles. The van der Waals surface area contributed by atoms with E-state index < -0.39 is 0 Å². The Morgan fingerprint density at radius 1 is 1.28 bits per heavy atom. The maximum Gasteiger partial charge on any atom is 0.259 e. The predicted octanol–water partition coefficient (Wildman–Crippen LogP) is 3.67. The molecule has 0 unspecified atom stereocenters. The molecule has 0 saturated heterocycles. The smallest absolute Gasteiger partial charge is 0.259 e. The van der Waals surface area contributed by atoms with Crippen LogP contribution < -0.4 is 10.1 Å². The summed E-state index contributed by atoms with van der Waals surface area (Å²) in [7, 11) is 1.61. The minimum atomic E-state index is -0.148. The number of ether oxygens (including phenoxy) is 1. The lowest BCUT2D eigenvalue weighted by Gasteiger charge is -2.12. The van der Waals surface area contributed by atoms with Crippen molar-refractivity contribution in [3.8, 4) is 17.1 Å². The van der Waals surface area contributed by atoms with E-state index >= 15 is 0 Å². The largest absolute Gasteiger partial charge is 0.496 e. The van der Waals surface area contributed by atoms with Crippen LogP contribution in [0.3, 0.4) is 0 Å². The number of fused-ring (bicyclic) bond motifs is 1. The monoisotopic (exact) mass is 354 g/mol. The van der Waals surface area contributed by atoms with Gasteiger partial charge < -0.3 is 4.74 Å². The van der Waals surface area contributed by atoms with Crippen molar-refractivity contribution in [2.75, 3.05) is 12.4 Å². The molecule has 128 valence electrons. The number of anilines is 1. The minimum Gasteiger partial charge on any atom is -0.496 e. The third kappa shape index (κ3) is 3.02. The minimum absolute atomic E-state index is 0.148. The Balaban J connectivity index is 1.55. The molecule has 4 rings (SSSR count). The fraction of sp³-hybridized carbons (Fsp3) is 0.278. The van der Waals surface area contributed by atoms with Gasteiger partial charge in [0.15, 0.2) is 5.82 Å². The highest BCUT2D eigenvalue weighted by molar-refractivity contribution is 7.10. The number of methoxy groups -OCH3 is 1. The summed E-state index contributed by atoms with van der Waals surface area (Å²) in [5, 5.41) is 11.7. The van der Waals surface area contributed by atoms with Crippen LogP contribution in [0.2, 0.25) is 0 Å². The number of rotatable bonds is 4. The number of H-pyrrole nitrogens is 1.